The smallest absolute Gasteiger partial charge is 0.260 e. The molecule has 1 aromatic heterocycles. The highest BCUT2D eigenvalue weighted by atomic mass is 16.5. The number of carbonyl (C=O) groups excluding carboxylic acids is 1. The molecular weight excluding hydrogens is 456 g/mol. The Bertz CT molecular complexity index is 1310. The molecular formula is C28H28N4O4. The number of nitrogens with zero attached hydrogens (tertiary/aromatic N) is 4. The number of benzene rings is 3. The molecule has 1 aliphatic heterocycles. The van der Waals surface area contributed by atoms with Gasteiger partial charge in [-0.15, -0.1) is 0 Å². The molecule has 0 bridgehead atoms. The zero-order valence-electron chi connectivity index (χ0n) is 20.4. The minimum atomic E-state index is -0.0331. The van der Waals surface area contributed by atoms with Crippen LogP contribution in [0.5, 0.6) is 11.5 Å². The van der Waals surface area contributed by atoms with E-state index in [-0.39, 0.29) is 12.5 Å². The fourth-order valence-electron chi connectivity index (χ4n) is 4.12. The number of piperazine rings is 1. The molecule has 0 saturated carbocycles. The molecule has 8 nitrogen and oxygen atoms in total. The van der Waals surface area contributed by atoms with Gasteiger partial charge in [0.05, 0.1) is 7.11 Å². The van der Waals surface area contributed by atoms with E-state index < -0.39 is 0 Å². The van der Waals surface area contributed by atoms with E-state index in [1.165, 1.54) is 5.56 Å². The first kappa shape index (κ1) is 23.4. The Balaban J connectivity index is 1.15. The van der Waals surface area contributed by atoms with Crippen LogP contribution in [0.4, 0.5) is 5.69 Å². The molecule has 1 amide bonds. The van der Waals surface area contributed by atoms with Gasteiger partial charge in [-0.25, -0.2) is 0 Å². The molecule has 1 saturated heterocycles. The van der Waals surface area contributed by atoms with Gasteiger partial charge >= 0.3 is 0 Å². The van der Waals surface area contributed by atoms with Crippen molar-refractivity contribution in [1.29, 1.82) is 0 Å². The predicted octanol–water partition coefficient (Wildman–Crippen LogP) is 4.45. The third-order valence-corrected chi connectivity index (χ3v) is 6.25. The van der Waals surface area contributed by atoms with E-state index in [0.717, 1.165) is 35.7 Å². The van der Waals surface area contributed by atoms with Crippen molar-refractivity contribution in [2.24, 2.45) is 0 Å². The van der Waals surface area contributed by atoms with E-state index in [0.29, 0.717) is 30.6 Å². The van der Waals surface area contributed by atoms with Crippen LogP contribution in [-0.2, 0) is 4.79 Å². The number of hydrogen-bond acceptors (Lipinski definition) is 7. The van der Waals surface area contributed by atoms with Gasteiger partial charge in [-0.2, -0.15) is 4.98 Å². The maximum atomic E-state index is 12.8. The highest BCUT2D eigenvalue weighted by Crippen LogP contribution is 2.26. The van der Waals surface area contributed by atoms with Crippen LogP contribution in [0.25, 0.3) is 22.8 Å². The topological polar surface area (TPSA) is 80.9 Å². The van der Waals surface area contributed by atoms with Crippen LogP contribution in [0.1, 0.15) is 5.56 Å². The summed E-state index contributed by atoms with van der Waals surface area (Å²) in [4.78, 5) is 21.4. The number of carbonyl (C=O) groups is 1. The van der Waals surface area contributed by atoms with E-state index >= 15 is 0 Å². The number of rotatable bonds is 7. The van der Waals surface area contributed by atoms with E-state index in [4.69, 9.17) is 14.0 Å². The minimum absolute atomic E-state index is 0.0234. The molecule has 0 aliphatic carbocycles. The summed E-state index contributed by atoms with van der Waals surface area (Å²) < 4.78 is 16.5. The number of aryl methyl sites for hydroxylation is 1. The first-order chi connectivity index (χ1) is 17.6. The number of amides is 1. The van der Waals surface area contributed by atoms with Gasteiger partial charge < -0.3 is 23.8 Å². The number of aromatic nitrogens is 2. The summed E-state index contributed by atoms with van der Waals surface area (Å²) in [6, 6.07) is 23.3. The highest BCUT2D eigenvalue weighted by Gasteiger charge is 2.22. The number of hydrogen-bond donors (Lipinski definition) is 0. The molecule has 1 aliphatic rings. The molecule has 0 spiro atoms. The Hall–Kier alpha value is -4.33. The van der Waals surface area contributed by atoms with Crippen LogP contribution in [0.15, 0.2) is 77.3 Å². The lowest BCUT2D eigenvalue weighted by atomic mass is 10.1. The monoisotopic (exact) mass is 484 g/mol. The molecule has 0 N–H and O–H groups in total. The van der Waals surface area contributed by atoms with Gasteiger partial charge in [0, 0.05) is 43.0 Å². The van der Waals surface area contributed by atoms with Crippen LogP contribution in [-0.4, -0.2) is 60.8 Å². The molecule has 3 aromatic carbocycles. The molecule has 1 fully saturated rings. The van der Waals surface area contributed by atoms with Crippen molar-refractivity contribution in [2.45, 2.75) is 6.92 Å². The zero-order valence-corrected chi connectivity index (χ0v) is 20.4. The molecule has 0 radical (unpaired) electrons. The molecule has 4 aromatic rings. The first-order valence-corrected chi connectivity index (χ1v) is 11.9. The van der Waals surface area contributed by atoms with Gasteiger partial charge in [0.1, 0.15) is 11.5 Å². The Morgan fingerprint density at radius 2 is 1.67 bits per heavy atom. The van der Waals surface area contributed by atoms with Crippen LogP contribution in [0.2, 0.25) is 0 Å². The fourth-order valence-corrected chi connectivity index (χ4v) is 4.12. The molecule has 0 unspecified atom stereocenters. The summed E-state index contributed by atoms with van der Waals surface area (Å²) in [6.45, 7) is 4.85. The second kappa shape index (κ2) is 10.5. The van der Waals surface area contributed by atoms with Crippen LogP contribution in [0.3, 0.4) is 0 Å². The van der Waals surface area contributed by atoms with Crippen molar-refractivity contribution >= 4 is 11.6 Å². The summed E-state index contributed by atoms with van der Waals surface area (Å²) in [7, 11) is 1.66. The van der Waals surface area contributed by atoms with Crippen molar-refractivity contribution < 1.29 is 18.8 Å². The first-order valence-electron chi connectivity index (χ1n) is 11.9. The fraction of sp³-hybridized carbons (Fsp3) is 0.250. The number of ether oxygens (including phenoxy) is 2. The summed E-state index contributed by atoms with van der Waals surface area (Å²) >= 11 is 0. The summed E-state index contributed by atoms with van der Waals surface area (Å²) in [5.41, 5.74) is 3.92. The maximum Gasteiger partial charge on any atom is 0.260 e. The molecule has 5 rings (SSSR count). The van der Waals surface area contributed by atoms with Crippen LogP contribution >= 0.6 is 0 Å². The SMILES string of the molecule is COc1ccc(N2CCN(C(=O)COc3cccc(-c4nc(-c5ccc(C)cc5)no4)c3)CC2)cc1. The summed E-state index contributed by atoms with van der Waals surface area (Å²) in [5, 5.41) is 4.10. The van der Waals surface area contributed by atoms with E-state index in [1.54, 1.807) is 13.2 Å². The second-order valence-corrected chi connectivity index (χ2v) is 8.67. The lowest BCUT2D eigenvalue weighted by Crippen LogP contribution is -2.50. The third-order valence-electron chi connectivity index (χ3n) is 6.25. The lowest BCUT2D eigenvalue weighted by Gasteiger charge is -2.36. The van der Waals surface area contributed by atoms with Crippen LogP contribution < -0.4 is 14.4 Å². The van der Waals surface area contributed by atoms with E-state index in [1.807, 2.05) is 78.6 Å². The third kappa shape index (κ3) is 5.33. The molecule has 36 heavy (non-hydrogen) atoms. The normalized spacial score (nSPS) is 13.5. The van der Waals surface area contributed by atoms with Crippen molar-refractivity contribution in [3.63, 3.8) is 0 Å². The van der Waals surface area contributed by atoms with E-state index in [9.17, 15) is 4.79 Å². The average molecular weight is 485 g/mol. The van der Waals surface area contributed by atoms with Gasteiger partial charge in [0.2, 0.25) is 5.82 Å². The summed E-state index contributed by atoms with van der Waals surface area (Å²) in [6.07, 6.45) is 0. The minimum Gasteiger partial charge on any atom is -0.497 e. The van der Waals surface area contributed by atoms with Gasteiger partial charge in [-0.1, -0.05) is 41.1 Å². The molecule has 2 heterocycles. The van der Waals surface area contributed by atoms with Crippen LogP contribution in [0, 0.1) is 6.92 Å². The zero-order chi connectivity index (χ0) is 24.9. The van der Waals surface area contributed by atoms with Crippen molar-refractivity contribution in [1.82, 2.24) is 15.0 Å². The largest absolute Gasteiger partial charge is 0.497 e. The summed E-state index contributed by atoms with van der Waals surface area (Å²) in [5.74, 6) is 2.30. The molecule has 184 valence electrons. The van der Waals surface area contributed by atoms with Crippen molar-refractivity contribution in [3.8, 4) is 34.3 Å². The van der Waals surface area contributed by atoms with Crippen molar-refractivity contribution in [2.75, 3.05) is 44.8 Å². The lowest BCUT2D eigenvalue weighted by molar-refractivity contribution is -0.133. The standard InChI is InChI=1S/C28H28N4O4/c1-20-6-8-21(9-7-20)27-29-28(36-30-27)22-4-3-5-25(18-22)35-19-26(33)32-16-14-31(15-17-32)23-10-12-24(34-2)13-11-23/h3-13,18H,14-17,19H2,1-2H3. The van der Waals surface area contributed by atoms with Gasteiger partial charge in [-0.05, 0) is 49.4 Å². The maximum absolute atomic E-state index is 12.8. The molecule has 8 heteroatoms. The highest BCUT2D eigenvalue weighted by molar-refractivity contribution is 5.78. The Kier molecular flexibility index (Phi) is 6.84. The molecule has 0 atom stereocenters. The van der Waals surface area contributed by atoms with E-state index in [2.05, 4.69) is 15.0 Å². The van der Waals surface area contributed by atoms with Gasteiger partial charge in [0.15, 0.2) is 6.61 Å². The number of methoxy groups -OCH3 is 1. The van der Waals surface area contributed by atoms with Gasteiger partial charge in [-0.3, -0.25) is 4.79 Å². The predicted molar refractivity (Wildman–Crippen MR) is 137 cm³/mol. The second-order valence-electron chi connectivity index (χ2n) is 8.67. The number of anilines is 1. The quantitative estimate of drug-likeness (QED) is 0.383. The average Bonchev–Trinajstić information content (AvgIpc) is 3.43. The Labute approximate surface area is 210 Å². The van der Waals surface area contributed by atoms with Gasteiger partial charge in [0.25, 0.3) is 11.8 Å². The Morgan fingerprint density at radius 3 is 2.39 bits per heavy atom. The Morgan fingerprint density at radius 1 is 0.917 bits per heavy atom. The van der Waals surface area contributed by atoms with Crippen molar-refractivity contribution in [3.05, 3.63) is 78.4 Å².